The van der Waals surface area contributed by atoms with Gasteiger partial charge in [-0.1, -0.05) is 25.6 Å². The van der Waals surface area contributed by atoms with Gasteiger partial charge in [-0.2, -0.15) is 0 Å². The van der Waals surface area contributed by atoms with Gasteiger partial charge >= 0.3 is 0 Å². The fourth-order valence-electron chi connectivity index (χ4n) is 3.15. The highest BCUT2D eigenvalue weighted by Gasteiger charge is 2.21. The summed E-state index contributed by atoms with van der Waals surface area (Å²) in [4.78, 5) is 22.7. The molecule has 2 aromatic carbocycles. The van der Waals surface area contributed by atoms with E-state index in [1.807, 2.05) is 35.8 Å². The van der Waals surface area contributed by atoms with Gasteiger partial charge in [-0.25, -0.2) is 0 Å². The van der Waals surface area contributed by atoms with Gasteiger partial charge in [0.05, 0.1) is 17.8 Å². The summed E-state index contributed by atoms with van der Waals surface area (Å²) >= 11 is 1.27. The van der Waals surface area contributed by atoms with Crippen LogP contribution in [0.25, 0.3) is 0 Å². The Hall–Kier alpha value is -3.60. The van der Waals surface area contributed by atoms with E-state index in [0.29, 0.717) is 34.9 Å². The van der Waals surface area contributed by atoms with Crippen molar-refractivity contribution in [3.63, 3.8) is 0 Å². The third-order valence-corrected chi connectivity index (χ3v) is 5.69. The number of hydrogen-bond acceptors (Lipinski definition) is 8. The van der Waals surface area contributed by atoms with Gasteiger partial charge in [-0.15, -0.1) is 10.2 Å². The molecule has 11 heteroatoms. The topological polar surface area (TPSA) is 121 Å². The number of nitrogens with zero attached hydrogens (tertiary/aromatic N) is 4. The molecule has 180 valence electrons. The van der Waals surface area contributed by atoms with Gasteiger partial charge in [0.2, 0.25) is 5.91 Å². The summed E-state index contributed by atoms with van der Waals surface area (Å²) < 4.78 is 13.2. The van der Waals surface area contributed by atoms with Crippen molar-refractivity contribution in [3.8, 4) is 11.5 Å². The highest BCUT2D eigenvalue weighted by molar-refractivity contribution is 7.99. The van der Waals surface area contributed by atoms with Crippen molar-refractivity contribution in [1.29, 1.82) is 0 Å². The van der Waals surface area contributed by atoms with Crippen molar-refractivity contribution in [2.75, 3.05) is 18.2 Å². The molecule has 3 aromatic rings. The SMILES string of the molecule is COc1ccc(OC(C)c2nnc(SCC(=O)Nc3ccc([N+](=O)[O-])cc3)n2CC(C)C)cc1. The summed E-state index contributed by atoms with van der Waals surface area (Å²) in [6.07, 6.45) is -0.358. The second kappa shape index (κ2) is 11.5. The van der Waals surface area contributed by atoms with Crippen molar-refractivity contribution >= 4 is 29.0 Å². The van der Waals surface area contributed by atoms with E-state index in [1.54, 1.807) is 7.11 Å². The summed E-state index contributed by atoms with van der Waals surface area (Å²) in [5, 5.41) is 22.7. The van der Waals surface area contributed by atoms with E-state index in [-0.39, 0.29) is 23.5 Å². The first-order chi connectivity index (χ1) is 16.3. The molecular formula is C23H27N5O5S. The predicted octanol–water partition coefficient (Wildman–Crippen LogP) is 4.72. The summed E-state index contributed by atoms with van der Waals surface area (Å²) in [7, 11) is 1.61. The number of amides is 1. The molecule has 0 aliphatic carbocycles. The van der Waals surface area contributed by atoms with Gasteiger partial charge in [-0.05, 0) is 49.2 Å². The third-order valence-electron chi connectivity index (χ3n) is 4.72. The zero-order valence-corrected chi connectivity index (χ0v) is 20.2. The first-order valence-electron chi connectivity index (χ1n) is 10.7. The van der Waals surface area contributed by atoms with Gasteiger partial charge in [0.25, 0.3) is 5.69 Å². The maximum atomic E-state index is 12.4. The summed E-state index contributed by atoms with van der Waals surface area (Å²) in [5.74, 6) is 2.29. The van der Waals surface area contributed by atoms with Crippen molar-refractivity contribution in [2.24, 2.45) is 5.92 Å². The lowest BCUT2D eigenvalue weighted by Crippen LogP contribution is -2.17. The molecular weight excluding hydrogens is 458 g/mol. The Morgan fingerprint density at radius 1 is 1.09 bits per heavy atom. The zero-order valence-electron chi connectivity index (χ0n) is 19.4. The largest absolute Gasteiger partial charge is 0.497 e. The monoisotopic (exact) mass is 485 g/mol. The number of hydrogen-bond donors (Lipinski definition) is 1. The number of anilines is 1. The quantitative estimate of drug-likeness (QED) is 0.235. The van der Waals surface area contributed by atoms with E-state index < -0.39 is 4.92 Å². The average molecular weight is 486 g/mol. The molecule has 1 amide bonds. The highest BCUT2D eigenvalue weighted by atomic mass is 32.2. The Morgan fingerprint density at radius 2 is 1.74 bits per heavy atom. The predicted molar refractivity (Wildman–Crippen MR) is 129 cm³/mol. The normalized spacial score (nSPS) is 11.8. The van der Waals surface area contributed by atoms with Crippen LogP contribution in [0.1, 0.15) is 32.7 Å². The molecule has 0 aliphatic rings. The van der Waals surface area contributed by atoms with Crippen molar-refractivity contribution < 1.29 is 19.2 Å². The van der Waals surface area contributed by atoms with Crippen molar-refractivity contribution in [1.82, 2.24) is 14.8 Å². The second-order valence-electron chi connectivity index (χ2n) is 7.92. The van der Waals surface area contributed by atoms with Crippen molar-refractivity contribution in [2.45, 2.75) is 38.6 Å². The minimum absolute atomic E-state index is 0.0346. The van der Waals surface area contributed by atoms with E-state index in [2.05, 4.69) is 29.4 Å². The number of nitro benzene ring substituents is 1. The first-order valence-corrected chi connectivity index (χ1v) is 11.7. The van der Waals surface area contributed by atoms with Crippen LogP contribution in [0.3, 0.4) is 0 Å². The molecule has 0 bridgehead atoms. The number of non-ortho nitro benzene ring substituents is 1. The average Bonchev–Trinajstić information content (AvgIpc) is 3.20. The molecule has 0 aliphatic heterocycles. The minimum Gasteiger partial charge on any atom is -0.497 e. The molecule has 0 fully saturated rings. The lowest BCUT2D eigenvalue weighted by atomic mass is 10.2. The zero-order chi connectivity index (χ0) is 24.7. The number of aromatic nitrogens is 3. The Kier molecular flexibility index (Phi) is 8.47. The van der Waals surface area contributed by atoms with Crippen LogP contribution in [-0.2, 0) is 11.3 Å². The van der Waals surface area contributed by atoms with E-state index in [9.17, 15) is 14.9 Å². The van der Waals surface area contributed by atoms with Crippen LogP contribution in [0, 0.1) is 16.0 Å². The lowest BCUT2D eigenvalue weighted by Gasteiger charge is -2.18. The summed E-state index contributed by atoms with van der Waals surface area (Å²) in [6.45, 7) is 6.76. The second-order valence-corrected chi connectivity index (χ2v) is 8.86. The van der Waals surface area contributed by atoms with Crippen LogP contribution in [0.15, 0.2) is 53.7 Å². The molecule has 34 heavy (non-hydrogen) atoms. The van der Waals surface area contributed by atoms with Gasteiger partial charge in [0.15, 0.2) is 17.1 Å². The Morgan fingerprint density at radius 3 is 2.32 bits per heavy atom. The van der Waals surface area contributed by atoms with E-state index >= 15 is 0 Å². The number of methoxy groups -OCH3 is 1. The maximum Gasteiger partial charge on any atom is 0.269 e. The number of carbonyl (C=O) groups is 1. The van der Waals surface area contributed by atoms with Crippen molar-refractivity contribution in [3.05, 3.63) is 64.5 Å². The van der Waals surface area contributed by atoms with E-state index in [0.717, 1.165) is 5.75 Å². The molecule has 0 radical (unpaired) electrons. The first kappa shape index (κ1) is 25.0. The molecule has 1 heterocycles. The summed E-state index contributed by atoms with van der Waals surface area (Å²) in [5.41, 5.74) is 0.453. The number of benzene rings is 2. The molecule has 0 saturated heterocycles. The molecule has 0 saturated carbocycles. The van der Waals surface area contributed by atoms with Crippen LogP contribution < -0.4 is 14.8 Å². The third kappa shape index (κ3) is 6.70. The standard InChI is InChI=1S/C23H27N5O5S/c1-15(2)13-27-22(16(3)33-20-11-9-19(32-4)10-12-20)25-26-23(27)34-14-21(29)24-17-5-7-18(8-6-17)28(30)31/h5-12,15-16H,13-14H2,1-4H3,(H,24,29). The van der Waals surface area contributed by atoms with Crippen LogP contribution in [0.2, 0.25) is 0 Å². The number of thioether (sulfide) groups is 1. The van der Waals surface area contributed by atoms with Crippen LogP contribution in [0.4, 0.5) is 11.4 Å². The van der Waals surface area contributed by atoms with Crippen LogP contribution >= 0.6 is 11.8 Å². The number of rotatable bonds is 11. The Bertz CT molecular complexity index is 1120. The maximum absolute atomic E-state index is 12.4. The number of nitro groups is 1. The molecule has 1 unspecified atom stereocenters. The van der Waals surface area contributed by atoms with Crippen LogP contribution in [0.5, 0.6) is 11.5 Å². The molecule has 10 nitrogen and oxygen atoms in total. The summed E-state index contributed by atoms with van der Waals surface area (Å²) in [6, 6.07) is 13.0. The van der Waals surface area contributed by atoms with Crippen LogP contribution in [-0.4, -0.2) is 38.5 Å². The smallest absolute Gasteiger partial charge is 0.269 e. The fourth-order valence-corrected chi connectivity index (χ4v) is 3.90. The fraction of sp³-hybridized carbons (Fsp3) is 0.348. The number of nitrogens with one attached hydrogen (secondary N) is 1. The minimum atomic E-state index is -0.486. The van der Waals surface area contributed by atoms with Gasteiger partial charge < -0.3 is 19.4 Å². The highest BCUT2D eigenvalue weighted by Crippen LogP contribution is 2.27. The molecule has 0 spiro atoms. The number of carbonyl (C=O) groups excluding carboxylic acids is 1. The Labute approximate surface area is 201 Å². The molecule has 1 N–H and O–H groups in total. The Balaban J connectivity index is 1.66. The molecule has 1 aromatic heterocycles. The van der Waals surface area contributed by atoms with Gasteiger partial charge in [0.1, 0.15) is 11.5 Å². The molecule has 3 rings (SSSR count). The van der Waals surface area contributed by atoms with Gasteiger partial charge in [0, 0.05) is 24.4 Å². The lowest BCUT2D eigenvalue weighted by molar-refractivity contribution is -0.384. The van der Waals surface area contributed by atoms with E-state index in [1.165, 1.54) is 36.0 Å². The van der Waals surface area contributed by atoms with Gasteiger partial charge in [-0.3, -0.25) is 14.9 Å². The number of ether oxygens (including phenoxy) is 2. The van der Waals surface area contributed by atoms with E-state index in [4.69, 9.17) is 9.47 Å². The molecule has 1 atom stereocenters.